The zero-order chi connectivity index (χ0) is 20.2. The second-order valence-corrected chi connectivity index (χ2v) is 7.97. The molecule has 0 fully saturated rings. The molecule has 0 unspecified atom stereocenters. The lowest BCUT2D eigenvalue weighted by Crippen LogP contribution is -2.42. The lowest BCUT2D eigenvalue weighted by atomic mass is 9.72. The number of para-hydroxylation sites is 1. The van der Waals surface area contributed by atoms with Crippen LogP contribution in [0, 0.1) is 6.92 Å². The van der Waals surface area contributed by atoms with Gasteiger partial charge >= 0.3 is 0 Å². The molecule has 3 nitrogen and oxygen atoms in total. The summed E-state index contributed by atoms with van der Waals surface area (Å²) in [5, 5.41) is 1.07. The van der Waals surface area contributed by atoms with Crippen molar-refractivity contribution >= 4 is 22.6 Å². The average Bonchev–Trinajstić information content (AvgIpc) is 3.06. The van der Waals surface area contributed by atoms with Crippen LogP contribution in [0.3, 0.4) is 0 Å². The van der Waals surface area contributed by atoms with Gasteiger partial charge in [0.05, 0.1) is 16.6 Å². The van der Waals surface area contributed by atoms with E-state index in [1.807, 2.05) is 78.2 Å². The molecule has 3 heteroatoms. The van der Waals surface area contributed by atoms with Crippen molar-refractivity contribution in [1.29, 1.82) is 0 Å². The second-order valence-electron chi connectivity index (χ2n) is 7.97. The minimum absolute atomic E-state index is 0.0205. The predicted octanol–water partition coefficient (Wildman–Crippen LogP) is 5.80. The topological polar surface area (TPSA) is 39.1 Å². The van der Waals surface area contributed by atoms with Gasteiger partial charge < -0.3 is 0 Å². The van der Waals surface area contributed by atoms with Gasteiger partial charge in [-0.25, -0.2) is 0 Å². The van der Waals surface area contributed by atoms with Crippen molar-refractivity contribution in [2.24, 2.45) is 0 Å². The van der Waals surface area contributed by atoms with E-state index >= 15 is 0 Å². The molecule has 0 saturated heterocycles. The van der Waals surface area contributed by atoms with Crippen LogP contribution in [-0.4, -0.2) is 16.3 Å². The highest BCUT2D eigenvalue weighted by Gasteiger charge is 2.45. The van der Waals surface area contributed by atoms with Gasteiger partial charge in [0.25, 0.3) is 0 Å². The molecule has 1 aromatic heterocycles. The quantitative estimate of drug-likeness (QED) is 0.422. The average molecular weight is 379 g/mol. The van der Waals surface area contributed by atoms with Crippen LogP contribution < -0.4 is 0 Å². The van der Waals surface area contributed by atoms with Gasteiger partial charge in [-0.15, -0.1) is 0 Å². The van der Waals surface area contributed by atoms with Crippen LogP contribution in [0.25, 0.3) is 22.2 Å². The molecule has 142 valence electrons. The molecule has 0 N–H and O–H groups in total. The second kappa shape index (κ2) is 6.28. The van der Waals surface area contributed by atoms with Crippen molar-refractivity contribution in [3.05, 3.63) is 95.6 Å². The molecule has 1 aliphatic heterocycles. The van der Waals surface area contributed by atoms with Gasteiger partial charge in [0.1, 0.15) is 0 Å². The predicted molar refractivity (Wildman–Crippen MR) is 115 cm³/mol. The molecule has 5 rings (SSSR count). The molecule has 4 aromatic rings. The Hall–Kier alpha value is -3.46. The number of carbonyl (C=O) groups excluding carboxylic acids is 2. The van der Waals surface area contributed by atoms with Gasteiger partial charge in [-0.2, -0.15) is 0 Å². The highest BCUT2D eigenvalue weighted by Crippen LogP contribution is 2.46. The van der Waals surface area contributed by atoms with E-state index in [2.05, 4.69) is 19.1 Å². The summed E-state index contributed by atoms with van der Waals surface area (Å²) in [6, 6.07) is 25.2. The normalized spacial score (nSPS) is 17.8. The van der Waals surface area contributed by atoms with E-state index in [9.17, 15) is 9.59 Å². The van der Waals surface area contributed by atoms with Crippen LogP contribution >= 0.6 is 0 Å². The number of carbonyl (C=O) groups is 2. The third-order valence-electron chi connectivity index (χ3n) is 6.19. The van der Waals surface area contributed by atoms with Crippen LogP contribution in [0.15, 0.2) is 78.9 Å². The number of hydrogen-bond acceptors (Lipinski definition) is 2. The van der Waals surface area contributed by atoms with Crippen molar-refractivity contribution in [3.8, 4) is 11.3 Å². The smallest absolute Gasteiger partial charge is 0.242 e. The molecule has 0 saturated carbocycles. The number of ketones is 1. The molecular weight excluding hydrogens is 358 g/mol. The van der Waals surface area contributed by atoms with E-state index in [4.69, 9.17) is 0 Å². The SMILES string of the molecule is Cc1c2n(c3ccccc13)C(=O)[C@](C)(CC(=O)c1ccccc1)c1ccccc1-2. The minimum Gasteiger partial charge on any atom is -0.294 e. The van der Waals surface area contributed by atoms with Crippen LogP contribution in [-0.2, 0) is 5.41 Å². The first-order chi connectivity index (χ1) is 14.0. The first kappa shape index (κ1) is 17.6. The van der Waals surface area contributed by atoms with Crippen LogP contribution in [0.1, 0.15) is 39.6 Å². The Kier molecular flexibility index (Phi) is 3.82. The lowest BCUT2D eigenvalue weighted by molar-refractivity contribution is 0.0760. The first-order valence-corrected chi connectivity index (χ1v) is 9.85. The minimum atomic E-state index is -0.926. The Morgan fingerprint density at radius 1 is 0.897 bits per heavy atom. The largest absolute Gasteiger partial charge is 0.294 e. The number of fused-ring (bicyclic) bond motifs is 5. The maximum absolute atomic E-state index is 13.9. The zero-order valence-corrected chi connectivity index (χ0v) is 16.5. The third kappa shape index (κ3) is 2.44. The maximum atomic E-state index is 13.9. The van der Waals surface area contributed by atoms with Crippen molar-refractivity contribution in [1.82, 2.24) is 4.57 Å². The first-order valence-electron chi connectivity index (χ1n) is 9.85. The molecule has 0 aliphatic carbocycles. The Morgan fingerprint density at radius 3 is 2.34 bits per heavy atom. The summed E-state index contributed by atoms with van der Waals surface area (Å²) in [5.41, 5.74) is 4.60. The molecule has 3 aromatic carbocycles. The molecule has 0 radical (unpaired) electrons. The fourth-order valence-corrected chi connectivity index (χ4v) is 4.69. The van der Waals surface area contributed by atoms with E-state index < -0.39 is 5.41 Å². The molecule has 1 atom stereocenters. The van der Waals surface area contributed by atoms with E-state index in [1.165, 1.54) is 0 Å². The molecule has 2 heterocycles. The number of rotatable bonds is 3. The molecule has 0 spiro atoms. The Labute approximate surface area is 169 Å². The monoisotopic (exact) mass is 379 g/mol. The fourth-order valence-electron chi connectivity index (χ4n) is 4.69. The highest BCUT2D eigenvalue weighted by molar-refractivity contribution is 6.11. The van der Waals surface area contributed by atoms with Gasteiger partial charge in [0, 0.05) is 22.9 Å². The number of aromatic nitrogens is 1. The summed E-state index contributed by atoms with van der Waals surface area (Å²) in [4.78, 5) is 27.0. The van der Waals surface area contributed by atoms with Crippen LogP contribution in [0.5, 0.6) is 0 Å². The maximum Gasteiger partial charge on any atom is 0.242 e. The summed E-state index contributed by atoms with van der Waals surface area (Å²) in [7, 11) is 0. The van der Waals surface area contributed by atoms with E-state index in [-0.39, 0.29) is 18.1 Å². The van der Waals surface area contributed by atoms with E-state index in [0.717, 1.165) is 33.3 Å². The van der Waals surface area contributed by atoms with Gasteiger partial charge in [0.15, 0.2) is 5.78 Å². The Morgan fingerprint density at radius 2 is 1.55 bits per heavy atom. The van der Waals surface area contributed by atoms with Crippen molar-refractivity contribution in [2.75, 3.05) is 0 Å². The van der Waals surface area contributed by atoms with E-state index in [1.54, 1.807) is 0 Å². The number of aryl methyl sites for hydroxylation is 1. The fraction of sp³-hybridized carbons (Fsp3) is 0.154. The summed E-state index contributed by atoms with van der Waals surface area (Å²) in [5.74, 6) is -0.0623. The summed E-state index contributed by atoms with van der Waals surface area (Å²) in [6.07, 6.45) is 0.137. The van der Waals surface area contributed by atoms with Crippen LogP contribution in [0.2, 0.25) is 0 Å². The van der Waals surface area contributed by atoms with Gasteiger partial charge in [-0.05, 0) is 31.0 Å². The molecule has 0 bridgehead atoms. The van der Waals surface area contributed by atoms with Gasteiger partial charge in [0.2, 0.25) is 5.91 Å². The van der Waals surface area contributed by atoms with Crippen molar-refractivity contribution < 1.29 is 9.59 Å². The zero-order valence-electron chi connectivity index (χ0n) is 16.5. The molecule has 1 aliphatic rings. The molecule has 29 heavy (non-hydrogen) atoms. The van der Waals surface area contributed by atoms with E-state index in [0.29, 0.717) is 5.56 Å². The van der Waals surface area contributed by atoms with Gasteiger partial charge in [-0.3, -0.25) is 14.2 Å². The van der Waals surface area contributed by atoms with Crippen molar-refractivity contribution in [3.63, 3.8) is 0 Å². The summed E-state index contributed by atoms with van der Waals surface area (Å²) >= 11 is 0. The highest BCUT2D eigenvalue weighted by atomic mass is 16.2. The molecular formula is C26H21NO2. The Bertz CT molecular complexity index is 1280. The lowest BCUT2D eigenvalue weighted by Gasteiger charge is -2.35. The summed E-state index contributed by atoms with van der Waals surface area (Å²) in [6.45, 7) is 3.97. The van der Waals surface area contributed by atoms with Crippen molar-refractivity contribution in [2.45, 2.75) is 25.7 Å². The number of hydrogen-bond donors (Lipinski definition) is 0. The number of nitrogens with zero attached hydrogens (tertiary/aromatic N) is 1. The molecule has 0 amide bonds. The standard InChI is InChI=1S/C26H21NO2/c1-17-19-12-7-9-15-22(19)27-24(17)20-13-6-8-14-21(20)26(2,25(27)29)16-23(28)18-10-4-3-5-11-18/h3-15H,16H2,1-2H3/t26-/m1/s1. The Balaban J connectivity index is 1.74. The van der Waals surface area contributed by atoms with Crippen LogP contribution in [0.4, 0.5) is 0 Å². The van der Waals surface area contributed by atoms with Gasteiger partial charge in [-0.1, -0.05) is 72.8 Å². The number of Topliss-reactive ketones (excluding diaryl/α,β-unsaturated/α-hetero) is 1. The third-order valence-corrected chi connectivity index (χ3v) is 6.19. The number of benzene rings is 3. The summed E-state index contributed by atoms with van der Waals surface area (Å²) < 4.78 is 1.82.